The summed E-state index contributed by atoms with van der Waals surface area (Å²) in [6, 6.07) is 24.6. The number of carbonyl (C=O) groups excluding carboxylic acids is 2. The lowest BCUT2D eigenvalue weighted by Crippen LogP contribution is -2.63. The third kappa shape index (κ3) is 11.0. The summed E-state index contributed by atoms with van der Waals surface area (Å²) in [6.07, 6.45) is -1.06. The number of rotatable bonds is 18. The van der Waals surface area contributed by atoms with Gasteiger partial charge in [0.25, 0.3) is 20.0 Å². The van der Waals surface area contributed by atoms with Crippen LogP contribution >= 0.6 is 11.8 Å². The van der Waals surface area contributed by atoms with Crippen molar-refractivity contribution in [1.29, 1.82) is 0 Å². The SMILES string of the molecule is Cc1cccc(C)c1/N=c1\ccc2c(-c3ccccc3S(=O)(=O)NS(=O)(=O)C(F)(F)C(F)(F)C(F)(F)S(=O)(=O)OC(=O)CCSCCC(=O)C(C)(C)C)c3ccc(Nc4c(C)cccc4C)cc3oc-2c1. The van der Waals surface area contributed by atoms with Crippen LogP contribution in [0.1, 0.15) is 55.9 Å². The number of nitrogens with zero attached hydrogens (tertiary/aromatic N) is 1. The lowest BCUT2D eigenvalue weighted by molar-refractivity contribution is -0.246. The molecule has 0 aromatic heterocycles. The molecule has 0 spiro atoms. The van der Waals surface area contributed by atoms with E-state index in [2.05, 4.69) is 9.50 Å². The molecule has 0 radical (unpaired) electrons. The van der Waals surface area contributed by atoms with Crippen LogP contribution in [-0.2, 0) is 43.9 Å². The standard InChI is InChI=1S/C48H47F6N3O10S4/c1-28-12-10-13-29(2)43(28)55-32-18-20-34-37(26-32)66-38-27-33(56-44-30(3)14-11-15-31(44)4)19-21-35(38)42(34)36-16-8-9-17-39(36)69(60,61)57-70(62,63)47(51,52)46(49,50)48(53,54)71(64,65)67-41(59)23-25-68-24-22-40(58)45(5,6)7/h8-21,26-27,55,57H,22-25H2,1-7H3/b56-33+. The summed E-state index contributed by atoms with van der Waals surface area (Å²) in [5.41, 5.74) is 4.47. The Morgan fingerprint density at radius 2 is 1.28 bits per heavy atom. The lowest BCUT2D eigenvalue weighted by Gasteiger charge is -2.30. The minimum atomic E-state index is -7.58. The quantitative estimate of drug-likeness (QED) is 0.0358. The molecule has 0 amide bonds. The second-order valence-corrected chi connectivity index (χ2v) is 23.9. The molecular formula is C48H47F6N3O10S4. The highest BCUT2D eigenvalue weighted by molar-refractivity contribution is 8.05. The van der Waals surface area contributed by atoms with Gasteiger partial charge in [-0.25, -0.2) is 21.8 Å². The average Bonchev–Trinajstić information content (AvgIpc) is 3.26. The van der Waals surface area contributed by atoms with Gasteiger partial charge in [0.2, 0.25) is 0 Å². The molecule has 0 fully saturated rings. The van der Waals surface area contributed by atoms with Gasteiger partial charge in [-0.2, -0.15) is 46.5 Å². The van der Waals surface area contributed by atoms with Crippen LogP contribution in [0, 0.1) is 33.1 Å². The Morgan fingerprint density at radius 3 is 1.90 bits per heavy atom. The van der Waals surface area contributed by atoms with E-state index in [0.717, 1.165) is 57.9 Å². The number of hydrogen-bond donors (Lipinski definition) is 2. The van der Waals surface area contributed by atoms with Crippen LogP contribution in [0.5, 0.6) is 0 Å². The Labute approximate surface area is 410 Å². The molecule has 2 N–H and O–H groups in total. The fourth-order valence-corrected chi connectivity index (χ4v) is 12.1. The number of carbonyl (C=O) groups is 2. The molecule has 1 aliphatic carbocycles. The predicted octanol–water partition coefficient (Wildman–Crippen LogP) is 10.8. The molecular weight excluding hydrogens is 1020 g/mol. The predicted molar refractivity (Wildman–Crippen MR) is 259 cm³/mol. The van der Waals surface area contributed by atoms with Crippen LogP contribution in [0.4, 0.5) is 43.4 Å². The van der Waals surface area contributed by atoms with Crippen LogP contribution in [0.2, 0.25) is 0 Å². The molecule has 4 aromatic rings. The summed E-state index contributed by atoms with van der Waals surface area (Å²) in [5, 5.41) is -10.5. The fourth-order valence-electron chi connectivity index (χ4n) is 7.24. The summed E-state index contributed by atoms with van der Waals surface area (Å²) >= 11 is 0.851. The molecule has 0 saturated carbocycles. The van der Waals surface area contributed by atoms with E-state index >= 15 is 26.3 Å². The molecule has 0 bridgehead atoms. The number of halogens is 6. The zero-order valence-electron chi connectivity index (χ0n) is 39.0. The first-order valence-electron chi connectivity index (χ1n) is 21.4. The fraction of sp³-hybridized carbons (Fsp3) is 0.312. The Kier molecular flexibility index (Phi) is 15.4. The van der Waals surface area contributed by atoms with Crippen molar-refractivity contribution in [3.8, 4) is 22.5 Å². The van der Waals surface area contributed by atoms with E-state index in [1.807, 2.05) is 64.1 Å². The van der Waals surface area contributed by atoms with E-state index in [1.54, 1.807) is 39.0 Å². The normalized spacial score (nSPS) is 13.5. The van der Waals surface area contributed by atoms with Crippen LogP contribution in [0.3, 0.4) is 0 Å². The molecule has 71 heavy (non-hydrogen) atoms. The van der Waals surface area contributed by atoms with Gasteiger partial charge in [0.05, 0.1) is 22.4 Å². The van der Waals surface area contributed by atoms with E-state index < -0.39 is 74.9 Å². The van der Waals surface area contributed by atoms with Gasteiger partial charge in [0.1, 0.15) is 17.1 Å². The first-order valence-corrected chi connectivity index (χ1v) is 26.9. The van der Waals surface area contributed by atoms with Crippen molar-refractivity contribution in [2.45, 2.75) is 82.6 Å². The molecule has 23 heteroatoms. The molecule has 6 rings (SSSR count). The third-order valence-electron chi connectivity index (χ3n) is 11.1. The van der Waals surface area contributed by atoms with E-state index in [0.29, 0.717) is 20.9 Å². The molecule has 13 nitrogen and oxygen atoms in total. The number of ketones is 1. The number of alkyl halides is 6. The first kappa shape index (κ1) is 54.6. The highest BCUT2D eigenvalue weighted by Crippen LogP contribution is 2.52. The summed E-state index contributed by atoms with van der Waals surface area (Å²) < 4.78 is 181. The van der Waals surface area contributed by atoms with E-state index in [9.17, 15) is 34.8 Å². The maximum absolute atomic E-state index is 15.5. The molecule has 1 heterocycles. The van der Waals surface area contributed by atoms with Gasteiger partial charge in [-0.05, 0) is 80.3 Å². The Morgan fingerprint density at radius 1 is 0.690 bits per heavy atom. The summed E-state index contributed by atoms with van der Waals surface area (Å²) in [5.74, 6) is -10.0. The maximum atomic E-state index is 15.5. The highest BCUT2D eigenvalue weighted by atomic mass is 32.3. The Balaban J connectivity index is 1.38. The number of aryl methyl sites for hydroxylation is 4. The van der Waals surface area contributed by atoms with Crippen LogP contribution in [0.25, 0.3) is 33.4 Å². The second kappa shape index (κ2) is 20.0. The van der Waals surface area contributed by atoms with E-state index in [4.69, 9.17) is 9.41 Å². The number of thioether (sulfide) groups is 1. The second-order valence-electron chi connectivity index (χ2n) is 17.5. The van der Waals surface area contributed by atoms with Crippen molar-refractivity contribution in [2.75, 3.05) is 16.8 Å². The van der Waals surface area contributed by atoms with Gasteiger partial charge in [-0.1, -0.05) is 79.5 Å². The number of anilines is 2. The molecule has 1 aliphatic heterocycles. The zero-order valence-corrected chi connectivity index (χ0v) is 42.3. The van der Waals surface area contributed by atoms with E-state index in [-0.39, 0.29) is 51.6 Å². The molecule has 0 unspecified atom stereocenters. The number of benzene rings is 5. The van der Waals surface area contributed by atoms with Gasteiger partial charge < -0.3 is 13.9 Å². The molecule has 380 valence electrons. The molecule has 0 saturated heterocycles. The number of hydrogen-bond acceptors (Lipinski definition) is 13. The first-order chi connectivity index (χ1) is 32.8. The molecule has 4 aromatic carbocycles. The maximum Gasteiger partial charge on any atom is 0.450 e. The van der Waals surface area contributed by atoms with Gasteiger partial charge >= 0.3 is 32.5 Å². The lowest BCUT2D eigenvalue weighted by atomic mass is 9.89. The minimum absolute atomic E-state index is 0.00908. The van der Waals surface area contributed by atoms with Gasteiger partial charge in [0, 0.05) is 68.9 Å². The summed E-state index contributed by atoms with van der Waals surface area (Å²) in [6.45, 7) is 12.4. The van der Waals surface area contributed by atoms with Crippen LogP contribution in [-0.4, -0.2) is 64.9 Å². The van der Waals surface area contributed by atoms with E-state index in [1.165, 1.54) is 24.3 Å². The number of sulfonamides is 2. The number of nitrogens with one attached hydrogen (secondary N) is 2. The monoisotopic (exact) mass is 1070 g/mol. The minimum Gasteiger partial charge on any atom is -0.456 e. The van der Waals surface area contributed by atoms with Crippen molar-refractivity contribution in [2.24, 2.45) is 10.4 Å². The average molecular weight is 1070 g/mol. The Bertz CT molecular complexity index is 3410. The van der Waals surface area contributed by atoms with Crippen molar-refractivity contribution < 1.29 is 69.8 Å². The molecule has 0 atom stereocenters. The number of para-hydroxylation sites is 2. The van der Waals surface area contributed by atoms with Crippen molar-refractivity contribution in [3.63, 3.8) is 0 Å². The zero-order chi connectivity index (χ0) is 52.7. The van der Waals surface area contributed by atoms with Gasteiger partial charge in [0.15, 0.2) is 0 Å². The number of fused-ring (bicyclic) bond motifs is 2. The van der Waals surface area contributed by atoms with Gasteiger partial charge in [-0.3, -0.25) is 9.59 Å². The van der Waals surface area contributed by atoms with Crippen molar-refractivity contribution in [1.82, 2.24) is 4.13 Å². The highest BCUT2D eigenvalue weighted by Gasteiger charge is 2.83. The summed E-state index contributed by atoms with van der Waals surface area (Å²) in [7, 11) is -21.0. The molecule has 2 aliphatic rings. The van der Waals surface area contributed by atoms with Crippen LogP contribution < -0.4 is 14.8 Å². The Hall–Kier alpha value is -5.75. The van der Waals surface area contributed by atoms with Crippen molar-refractivity contribution in [3.05, 3.63) is 125 Å². The number of Topliss-reactive ketones (excluding diaryl/α,β-unsaturated/α-hetero) is 1. The largest absolute Gasteiger partial charge is 0.456 e. The summed E-state index contributed by atoms with van der Waals surface area (Å²) in [4.78, 5) is 27.9. The van der Waals surface area contributed by atoms with Gasteiger partial charge in [-0.15, -0.1) is 0 Å². The smallest absolute Gasteiger partial charge is 0.450 e. The third-order valence-corrected chi connectivity index (χ3v) is 17.0. The topological polar surface area (TPSA) is 195 Å². The van der Waals surface area contributed by atoms with Crippen LogP contribution in [0.15, 0.2) is 111 Å². The van der Waals surface area contributed by atoms with Crippen molar-refractivity contribution >= 4 is 81.7 Å².